The fourth-order valence-electron chi connectivity index (χ4n) is 3.01. The Morgan fingerprint density at radius 3 is 2.73 bits per heavy atom. The summed E-state index contributed by atoms with van der Waals surface area (Å²) in [6.07, 6.45) is 1.49. The topological polar surface area (TPSA) is 81.4 Å². The highest BCUT2D eigenvalue weighted by atomic mass is 32.2. The molecule has 7 nitrogen and oxygen atoms in total. The van der Waals surface area contributed by atoms with Gasteiger partial charge in [-0.25, -0.2) is 4.98 Å². The summed E-state index contributed by atoms with van der Waals surface area (Å²) in [6.45, 7) is 6.34. The summed E-state index contributed by atoms with van der Waals surface area (Å²) in [6, 6.07) is 14.9. The number of fused-ring (bicyclic) bond motifs is 1. The molecule has 0 radical (unpaired) electrons. The zero-order valence-electron chi connectivity index (χ0n) is 16.9. The van der Waals surface area contributed by atoms with Gasteiger partial charge in [-0.15, -0.1) is 0 Å². The van der Waals surface area contributed by atoms with Crippen LogP contribution in [0.1, 0.15) is 28.5 Å². The minimum Gasteiger partial charge on any atom is -0.493 e. The number of benzene rings is 2. The van der Waals surface area contributed by atoms with Crippen molar-refractivity contribution in [2.24, 2.45) is 0 Å². The molecular weight excluding hydrogens is 398 g/mol. The molecule has 0 spiro atoms. The Hall–Kier alpha value is -3.39. The van der Waals surface area contributed by atoms with Gasteiger partial charge >= 0.3 is 0 Å². The molecule has 1 amide bonds. The first-order chi connectivity index (χ1) is 14.6. The fraction of sp³-hybridized carbons (Fsp3) is 0.182. The summed E-state index contributed by atoms with van der Waals surface area (Å²) in [5.41, 5.74) is 3.11. The standard InChI is InChI=1S/C22H21N5O2S/c1-4-29-18-11-7-5-9-16(18)20(28)26-17-10-6-8-12-19(17)30-21-14(2)15(3)25-22-23-13-24-27(21)22/h5-13H,4H2,1-3H3,(H,26,28). The van der Waals surface area contributed by atoms with E-state index < -0.39 is 0 Å². The first kappa shape index (κ1) is 19.9. The van der Waals surface area contributed by atoms with Crippen LogP contribution in [0.5, 0.6) is 5.75 Å². The van der Waals surface area contributed by atoms with Gasteiger partial charge in [0.2, 0.25) is 0 Å². The number of para-hydroxylation sites is 2. The highest BCUT2D eigenvalue weighted by molar-refractivity contribution is 7.99. The monoisotopic (exact) mass is 419 g/mol. The van der Waals surface area contributed by atoms with E-state index >= 15 is 0 Å². The zero-order valence-corrected chi connectivity index (χ0v) is 17.7. The van der Waals surface area contributed by atoms with Crippen molar-refractivity contribution in [1.29, 1.82) is 0 Å². The van der Waals surface area contributed by atoms with Gasteiger partial charge in [0, 0.05) is 16.2 Å². The average molecular weight is 420 g/mol. The van der Waals surface area contributed by atoms with Crippen LogP contribution in [0.25, 0.3) is 5.78 Å². The van der Waals surface area contributed by atoms with E-state index in [1.165, 1.54) is 18.1 Å². The van der Waals surface area contributed by atoms with Gasteiger partial charge in [0.15, 0.2) is 0 Å². The predicted octanol–water partition coefficient (Wildman–Crippen LogP) is 4.54. The largest absolute Gasteiger partial charge is 0.493 e. The number of carbonyl (C=O) groups excluding carboxylic acids is 1. The van der Waals surface area contributed by atoms with Crippen LogP contribution in [0.3, 0.4) is 0 Å². The number of ether oxygens (including phenoxy) is 1. The molecule has 2 heterocycles. The van der Waals surface area contributed by atoms with Gasteiger partial charge in [0.1, 0.15) is 17.1 Å². The van der Waals surface area contributed by atoms with Crippen molar-refractivity contribution in [3.8, 4) is 5.75 Å². The van der Waals surface area contributed by atoms with Gasteiger partial charge in [0.25, 0.3) is 11.7 Å². The van der Waals surface area contributed by atoms with E-state index in [0.29, 0.717) is 29.4 Å². The summed E-state index contributed by atoms with van der Waals surface area (Å²) in [4.78, 5) is 22.5. The van der Waals surface area contributed by atoms with E-state index in [2.05, 4.69) is 20.4 Å². The molecule has 4 rings (SSSR count). The van der Waals surface area contributed by atoms with Crippen molar-refractivity contribution in [2.75, 3.05) is 11.9 Å². The quantitative estimate of drug-likeness (QED) is 0.462. The molecule has 152 valence electrons. The number of carbonyl (C=O) groups is 1. The number of aromatic nitrogens is 4. The molecule has 30 heavy (non-hydrogen) atoms. The van der Waals surface area contributed by atoms with E-state index in [1.807, 2.05) is 57.2 Å². The van der Waals surface area contributed by atoms with E-state index in [-0.39, 0.29) is 5.91 Å². The Balaban J connectivity index is 1.67. The summed E-state index contributed by atoms with van der Waals surface area (Å²) in [7, 11) is 0. The first-order valence-electron chi connectivity index (χ1n) is 9.55. The second-order valence-electron chi connectivity index (χ2n) is 6.58. The van der Waals surface area contributed by atoms with Crippen LogP contribution in [0.15, 0.2) is 64.8 Å². The lowest BCUT2D eigenvalue weighted by Gasteiger charge is -2.14. The maximum Gasteiger partial charge on any atom is 0.259 e. The van der Waals surface area contributed by atoms with Crippen molar-refractivity contribution in [2.45, 2.75) is 30.7 Å². The summed E-state index contributed by atoms with van der Waals surface area (Å²) >= 11 is 1.52. The third-order valence-corrected chi connectivity index (χ3v) is 5.88. The highest BCUT2D eigenvalue weighted by Gasteiger charge is 2.17. The average Bonchev–Trinajstić information content (AvgIpc) is 3.21. The molecule has 1 N–H and O–H groups in total. The second kappa shape index (κ2) is 8.54. The van der Waals surface area contributed by atoms with Crippen LogP contribution >= 0.6 is 11.8 Å². The summed E-state index contributed by atoms with van der Waals surface area (Å²) in [5.74, 6) is 0.890. The number of hydrogen-bond acceptors (Lipinski definition) is 6. The van der Waals surface area contributed by atoms with Crippen LogP contribution in [0, 0.1) is 13.8 Å². The third-order valence-electron chi connectivity index (χ3n) is 4.63. The van der Waals surface area contributed by atoms with Gasteiger partial charge < -0.3 is 10.1 Å². The fourth-order valence-corrected chi connectivity index (χ4v) is 4.11. The lowest BCUT2D eigenvalue weighted by atomic mass is 10.2. The minimum absolute atomic E-state index is 0.222. The molecule has 2 aromatic carbocycles. The maximum absolute atomic E-state index is 13.0. The van der Waals surface area contributed by atoms with Crippen LogP contribution in [-0.2, 0) is 0 Å². The molecule has 0 saturated carbocycles. The molecule has 4 aromatic rings. The third kappa shape index (κ3) is 3.86. The molecule has 0 atom stereocenters. The number of anilines is 1. The van der Waals surface area contributed by atoms with E-state index in [9.17, 15) is 4.79 Å². The number of aryl methyl sites for hydroxylation is 1. The van der Waals surface area contributed by atoms with Gasteiger partial charge in [-0.3, -0.25) is 4.79 Å². The lowest BCUT2D eigenvalue weighted by molar-refractivity contribution is 0.102. The van der Waals surface area contributed by atoms with Crippen LogP contribution in [-0.4, -0.2) is 32.1 Å². The minimum atomic E-state index is -0.222. The second-order valence-corrected chi connectivity index (χ2v) is 7.61. The zero-order chi connectivity index (χ0) is 21.1. The molecule has 2 aromatic heterocycles. The number of rotatable bonds is 6. The molecule has 0 aliphatic heterocycles. The van der Waals surface area contributed by atoms with Crippen molar-refractivity contribution < 1.29 is 9.53 Å². The molecule has 0 aliphatic carbocycles. The van der Waals surface area contributed by atoms with Crippen LogP contribution in [0.4, 0.5) is 5.69 Å². The van der Waals surface area contributed by atoms with Gasteiger partial charge in [-0.1, -0.05) is 36.0 Å². The molecular formula is C22H21N5O2S. The maximum atomic E-state index is 13.0. The predicted molar refractivity (Wildman–Crippen MR) is 116 cm³/mol. The Kier molecular flexibility index (Phi) is 5.67. The lowest BCUT2D eigenvalue weighted by Crippen LogP contribution is -2.14. The van der Waals surface area contributed by atoms with Crippen LogP contribution in [0.2, 0.25) is 0 Å². The Morgan fingerprint density at radius 2 is 1.90 bits per heavy atom. The Bertz CT molecular complexity index is 1220. The highest BCUT2D eigenvalue weighted by Crippen LogP contribution is 2.36. The van der Waals surface area contributed by atoms with Crippen molar-refractivity contribution in [3.63, 3.8) is 0 Å². The van der Waals surface area contributed by atoms with Crippen LogP contribution < -0.4 is 10.1 Å². The molecule has 0 saturated heterocycles. The summed E-state index contributed by atoms with van der Waals surface area (Å²) in [5, 5.41) is 8.24. The summed E-state index contributed by atoms with van der Waals surface area (Å²) < 4.78 is 7.32. The normalized spacial score (nSPS) is 10.9. The Labute approximate surface area is 178 Å². The van der Waals surface area contributed by atoms with Gasteiger partial charge in [-0.2, -0.15) is 14.6 Å². The molecule has 0 fully saturated rings. The smallest absolute Gasteiger partial charge is 0.259 e. The van der Waals surface area contributed by atoms with Gasteiger partial charge in [0.05, 0.1) is 17.9 Å². The number of nitrogens with one attached hydrogen (secondary N) is 1. The molecule has 0 unspecified atom stereocenters. The van der Waals surface area contributed by atoms with Crippen molar-refractivity contribution in [1.82, 2.24) is 19.6 Å². The first-order valence-corrected chi connectivity index (χ1v) is 10.4. The number of amides is 1. The molecule has 0 bridgehead atoms. The Morgan fingerprint density at radius 1 is 1.13 bits per heavy atom. The SMILES string of the molecule is CCOc1ccccc1C(=O)Nc1ccccc1Sc1c(C)c(C)nc2ncnn12. The number of nitrogens with zero attached hydrogens (tertiary/aromatic N) is 4. The van der Waals surface area contributed by atoms with E-state index in [0.717, 1.165) is 21.2 Å². The van der Waals surface area contributed by atoms with Crippen molar-refractivity contribution in [3.05, 3.63) is 71.7 Å². The number of hydrogen-bond donors (Lipinski definition) is 1. The molecule has 0 aliphatic rings. The van der Waals surface area contributed by atoms with E-state index in [1.54, 1.807) is 16.6 Å². The van der Waals surface area contributed by atoms with Gasteiger partial charge in [-0.05, 0) is 45.0 Å². The molecule has 8 heteroatoms. The van der Waals surface area contributed by atoms with Crippen molar-refractivity contribution >= 4 is 29.1 Å². The van der Waals surface area contributed by atoms with E-state index in [4.69, 9.17) is 4.74 Å².